The lowest BCUT2D eigenvalue weighted by molar-refractivity contribution is 0.240. The first kappa shape index (κ1) is 19.4. The SMILES string of the molecule is O=C(NCc1ccnc(OCc2ccccc2)c1)NCc1cccc2cccnc12. The van der Waals surface area contributed by atoms with Crippen molar-refractivity contribution in [2.75, 3.05) is 0 Å². The molecule has 0 saturated heterocycles. The molecule has 0 aliphatic carbocycles. The fourth-order valence-electron chi connectivity index (χ4n) is 3.10. The summed E-state index contributed by atoms with van der Waals surface area (Å²) in [6.07, 6.45) is 3.43. The summed E-state index contributed by atoms with van der Waals surface area (Å²) < 4.78 is 5.74. The number of pyridine rings is 2. The predicted molar refractivity (Wildman–Crippen MR) is 116 cm³/mol. The number of amides is 2. The van der Waals surface area contributed by atoms with Gasteiger partial charge < -0.3 is 15.4 Å². The molecule has 2 amide bonds. The van der Waals surface area contributed by atoms with Crippen LogP contribution in [0.1, 0.15) is 16.7 Å². The molecular weight excluding hydrogens is 376 g/mol. The number of urea groups is 1. The molecule has 0 aliphatic rings. The Morgan fingerprint density at radius 3 is 2.53 bits per heavy atom. The molecule has 30 heavy (non-hydrogen) atoms. The highest BCUT2D eigenvalue weighted by molar-refractivity contribution is 5.82. The van der Waals surface area contributed by atoms with E-state index in [0.717, 1.165) is 27.6 Å². The minimum Gasteiger partial charge on any atom is -0.473 e. The Morgan fingerprint density at radius 2 is 1.63 bits per heavy atom. The normalized spacial score (nSPS) is 10.5. The minimum absolute atomic E-state index is 0.244. The Balaban J connectivity index is 1.28. The van der Waals surface area contributed by atoms with Crippen LogP contribution in [-0.2, 0) is 19.7 Å². The van der Waals surface area contributed by atoms with E-state index in [1.54, 1.807) is 12.4 Å². The predicted octanol–water partition coefficient (Wildman–Crippen LogP) is 4.21. The van der Waals surface area contributed by atoms with Crippen molar-refractivity contribution in [1.82, 2.24) is 20.6 Å². The van der Waals surface area contributed by atoms with Gasteiger partial charge in [-0.25, -0.2) is 9.78 Å². The van der Waals surface area contributed by atoms with Crippen LogP contribution in [0, 0.1) is 0 Å². The Hall–Kier alpha value is -3.93. The van der Waals surface area contributed by atoms with Gasteiger partial charge in [-0.3, -0.25) is 4.98 Å². The lowest BCUT2D eigenvalue weighted by Gasteiger charge is -2.10. The highest BCUT2D eigenvalue weighted by atomic mass is 16.5. The number of rotatable bonds is 7. The second-order valence-electron chi connectivity index (χ2n) is 6.81. The minimum atomic E-state index is -0.244. The maximum absolute atomic E-state index is 12.2. The Labute approximate surface area is 175 Å². The molecule has 0 aliphatic heterocycles. The second-order valence-corrected chi connectivity index (χ2v) is 6.81. The van der Waals surface area contributed by atoms with Gasteiger partial charge in [-0.15, -0.1) is 0 Å². The van der Waals surface area contributed by atoms with Crippen LogP contribution in [0.2, 0.25) is 0 Å². The maximum atomic E-state index is 12.2. The molecule has 2 heterocycles. The molecule has 0 bridgehead atoms. The van der Waals surface area contributed by atoms with Crippen molar-refractivity contribution < 1.29 is 9.53 Å². The third kappa shape index (κ3) is 5.11. The van der Waals surface area contributed by atoms with E-state index in [4.69, 9.17) is 4.74 Å². The molecule has 0 unspecified atom stereocenters. The van der Waals surface area contributed by atoms with Crippen LogP contribution >= 0.6 is 0 Å². The van der Waals surface area contributed by atoms with Crippen LogP contribution < -0.4 is 15.4 Å². The standard InChI is InChI=1S/C24H22N4O2/c29-24(28-16-21-9-4-8-20-10-5-12-26-23(20)21)27-15-19-11-13-25-22(14-19)30-17-18-6-2-1-3-7-18/h1-14H,15-17H2,(H2,27,28,29). The van der Waals surface area contributed by atoms with Crippen molar-refractivity contribution in [1.29, 1.82) is 0 Å². The van der Waals surface area contributed by atoms with E-state index < -0.39 is 0 Å². The first-order valence-electron chi connectivity index (χ1n) is 9.74. The molecule has 2 aromatic heterocycles. The largest absolute Gasteiger partial charge is 0.473 e. The number of hydrogen-bond acceptors (Lipinski definition) is 4. The average Bonchev–Trinajstić information content (AvgIpc) is 2.81. The summed E-state index contributed by atoms with van der Waals surface area (Å²) in [7, 11) is 0. The summed E-state index contributed by atoms with van der Waals surface area (Å²) >= 11 is 0. The maximum Gasteiger partial charge on any atom is 0.315 e. The molecule has 2 aromatic carbocycles. The Bertz CT molecular complexity index is 1130. The van der Waals surface area contributed by atoms with Gasteiger partial charge in [-0.1, -0.05) is 54.6 Å². The summed E-state index contributed by atoms with van der Waals surface area (Å²) in [6.45, 7) is 1.23. The van der Waals surface area contributed by atoms with Crippen molar-refractivity contribution in [3.8, 4) is 5.88 Å². The highest BCUT2D eigenvalue weighted by Crippen LogP contribution is 2.15. The average molecular weight is 398 g/mol. The molecule has 2 N–H and O–H groups in total. The Morgan fingerprint density at radius 1 is 0.800 bits per heavy atom. The van der Waals surface area contributed by atoms with Crippen LogP contribution in [-0.4, -0.2) is 16.0 Å². The van der Waals surface area contributed by atoms with E-state index >= 15 is 0 Å². The fourth-order valence-corrected chi connectivity index (χ4v) is 3.10. The summed E-state index contributed by atoms with van der Waals surface area (Å²) in [5.41, 5.74) is 3.86. The molecule has 0 spiro atoms. The third-order valence-corrected chi connectivity index (χ3v) is 4.64. The number of ether oxygens (including phenoxy) is 1. The first-order valence-corrected chi connectivity index (χ1v) is 9.74. The number of aromatic nitrogens is 2. The summed E-state index contributed by atoms with van der Waals surface area (Å²) in [5.74, 6) is 0.528. The van der Waals surface area contributed by atoms with Gasteiger partial charge in [0, 0.05) is 36.9 Å². The molecular formula is C24H22N4O2. The quantitative estimate of drug-likeness (QED) is 0.489. The molecule has 0 saturated carbocycles. The molecule has 6 nitrogen and oxygen atoms in total. The van der Waals surface area contributed by atoms with Gasteiger partial charge >= 0.3 is 6.03 Å². The highest BCUT2D eigenvalue weighted by Gasteiger charge is 2.06. The molecule has 4 aromatic rings. The lowest BCUT2D eigenvalue weighted by atomic mass is 10.1. The first-order chi connectivity index (χ1) is 14.8. The summed E-state index contributed by atoms with van der Waals surface area (Å²) in [4.78, 5) is 20.9. The number of carbonyl (C=O) groups is 1. The van der Waals surface area contributed by atoms with E-state index in [9.17, 15) is 4.79 Å². The number of nitrogens with one attached hydrogen (secondary N) is 2. The van der Waals surface area contributed by atoms with Crippen LogP contribution in [0.15, 0.2) is 85.2 Å². The van der Waals surface area contributed by atoms with E-state index in [-0.39, 0.29) is 6.03 Å². The van der Waals surface area contributed by atoms with Gasteiger partial charge in [0.15, 0.2) is 0 Å². The lowest BCUT2D eigenvalue weighted by Crippen LogP contribution is -2.34. The van der Waals surface area contributed by atoms with Crippen LogP contribution in [0.3, 0.4) is 0 Å². The topological polar surface area (TPSA) is 76.1 Å². The number of hydrogen-bond donors (Lipinski definition) is 2. The van der Waals surface area contributed by atoms with Gasteiger partial charge in [0.2, 0.25) is 5.88 Å². The number of carbonyl (C=O) groups excluding carboxylic acids is 1. The van der Waals surface area contributed by atoms with E-state index in [2.05, 4.69) is 20.6 Å². The van der Waals surface area contributed by atoms with Crippen molar-refractivity contribution in [2.24, 2.45) is 0 Å². The van der Waals surface area contributed by atoms with Crippen LogP contribution in [0.25, 0.3) is 10.9 Å². The van der Waals surface area contributed by atoms with Gasteiger partial charge in [0.25, 0.3) is 0 Å². The van der Waals surface area contributed by atoms with Gasteiger partial charge in [0.05, 0.1) is 5.52 Å². The number of para-hydroxylation sites is 1. The van der Waals surface area contributed by atoms with Gasteiger partial charge in [-0.05, 0) is 28.8 Å². The third-order valence-electron chi connectivity index (χ3n) is 4.64. The smallest absolute Gasteiger partial charge is 0.315 e. The van der Waals surface area contributed by atoms with E-state index in [0.29, 0.717) is 25.6 Å². The second kappa shape index (κ2) is 9.52. The summed E-state index contributed by atoms with van der Waals surface area (Å²) in [5, 5.41) is 6.80. The molecule has 4 rings (SSSR count). The monoisotopic (exact) mass is 398 g/mol. The summed E-state index contributed by atoms with van der Waals surface area (Å²) in [6, 6.07) is 23.2. The van der Waals surface area contributed by atoms with Crippen molar-refractivity contribution in [3.05, 3.63) is 102 Å². The van der Waals surface area contributed by atoms with Crippen molar-refractivity contribution >= 4 is 16.9 Å². The zero-order valence-electron chi connectivity index (χ0n) is 16.4. The van der Waals surface area contributed by atoms with E-state index in [1.807, 2.05) is 72.8 Å². The number of fused-ring (bicyclic) bond motifs is 1. The molecule has 6 heteroatoms. The number of benzene rings is 2. The Kier molecular flexibility index (Phi) is 6.15. The molecule has 0 radical (unpaired) electrons. The van der Waals surface area contributed by atoms with Gasteiger partial charge in [0.1, 0.15) is 6.61 Å². The van der Waals surface area contributed by atoms with Gasteiger partial charge in [-0.2, -0.15) is 0 Å². The van der Waals surface area contributed by atoms with Crippen molar-refractivity contribution in [3.63, 3.8) is 0 Å². The zero-order valence-corrected chi connectivity index (χ0v) is 16.4. The molecule has 0 fully saturated rings. The van der Waals surface area contributed by atoms with Crippen LogP contribution in [0.5, 0.6) is 5.88 Å². The van der Waals surface area contributed by atoms with Crippen LogP contribution in [0.4, 0.5) is 4.79 Å². The molecule has 0 atom stereocenters. The van der Waals surface area contributed by atoms with Crippen molar-refractivity contribution in [2.45, 2.75) is 19.7 Å². The zero-order chi connectivity index (χ0) is 20.6. The fraction of sp³-hybridized carbons (Fsp3) is 0.125. The molecule has 150 valence electrons. The number of nitrogens with zero attached hydrogens (tertiary/aromatic N) is 2. The van der Waals surface area contributed by atoms with E-state index in [1.165, 1.54) is 0 Å².